The van der Waals surface area contributed by atoms with Gasteiger partial charge in [0.1, 0.15) is 0 Å². The molecule has 0 spiro atoms. The maximum absolute atomic E-state index is 12.1. The molecule has 0 saturated heterocycles. The molecule has 0 unspecified atom stereocenters. The molecule has 26 heavy (non-hydrogen) atoms. The quantitative estimate of drug-likeness (QED) is 0.261. The summed E-state index contributed by atoms with van der Waals surface area (Å²) in [6, 6.07) is -0.631. The Morgan fingerprint density at radius 1 is 0.962 bits per heavy atom. The van der Waals surface area contributed by atoms with E-state index in [1.165, 1.54) is 38.5 Å². The summed E-state index contributed by atoms with van der Waals surface area (Å²) in [6.07, 6.45) is 10.4. The first kappa shape index (κ1) is 25.3. The predicted octanol–water partition coefficient (Wildman–Crippen LogP) is 2.49. The largest absolute Gasteiger partial charge is 0.481 e. The molecular weight excluding hydrogens is 354 g/mol. The van der Waals surface area contributed by atoms with E-state index in [-0.39, 0.29) is 6.42 Å². The number of nitrogens with zero attached hydrogens (tertiary/aromatic N) is 1. The van der Waals surface area contributed by atoms with E-state index in [4.69, 9.17) is 5.11 Å². The van der Waals surface area contributed by atoms with Crippen molar-refractivity contribution in [1.82, 2.24) is 9.44 Å². The van der Waals surface area contributed by atoms with E-state index in [1.807, 2.05) is 21.1 Å². The second kappa shape index (κ2) is 13.5. The summed E-state index contributed by atoms with van der Waals surface area (Å²) in [5, 5.41) is 8.98. The van der Waals surface area contributed by atoms with Gasteiger partial charge in [-0.2, -0.15) is 13.1 Å². The smallest absolute Gasteiger partial charge is 0.305 e. The number of hydrogen-bond donors (Lipinski definition) is 3. The van der Waals surface area contributed by atoms with Gasteiger partial charge in [0.15, 0.2) is 0 Å². The number of hydrogen-bond acceptors (Lipinski definition) is 3. The van der Waals surface area contributed by atoms with Gasteiger partial charge in [0.05, 0.1) is 40.2 Å². The van der Waals surface area contributed by atoms with Crippen molar-refractivity contribution >= 4 is 16.2 Å². The molecule has 156 valence electrons. The molecule has 0 radical (unpaired) electrons. The summed E-state index contributed by atoms with van der Waals surface area (Å²) in [5.74, 6) is -1.01. The van der Waals surface area contributed by atoms with Crippen LogP contribution in [0.2, 0.25) is 0 Å². The average Bonchev–Trinajstić information content (AvgIpc) is 2.46. The lowest BCUT2D eigenvalue weighted by molar-refractivity contribution is -0.871. The van der Waals surface area contributed by atoms with E-state index < -0.39 is 22.2 Å². The van der Waals surface area contributed by atoms with Crippen LogP contribution in [0.25, 0.3) is 0 Å². The van der Waals surface area contributed by atoms with E-state index in [9.17, 15) is 13.2 Å². The Morgan fingerprint density at radius 2 is 1.46 bits per heavy atom. The molecule has 1 atom stereocenters. The van der Waals surface area contributed by atoms with Gasteiger partial charge in [-0.3, -0.25) is 4.79 Å². The van der Waals surface area contributed by atoms with Crippen molar-refractivity contribution in [2.75, 3.05) is 34.2 Å². The Kier molecular flexibility index (Phi) is 13.1. The Labute approximate surface area is 160 Å². The molecule has 3 N–H and O–H groups in total. The third-order valence-electron chi connectivity index (χ3n) is 4.08. The van der Waals surface area contributed by atoms with Gasteiger partial charge in [0.2, 0.25) is 0 Å². The molecule has 0 aliphatic heterocycles. The van der Waals surface area contributed by atoms with Crippen molar-refractivity contribution in [3.63, 3.8) is 0 Å². The number of rotatable bonds is 17. The van der Waals surface area contributed by atoms with E-state index in [0.29, 0.717) is 17.6 Å². The average molecular weight is 395 g/mol. The number of carbonyl (C=O) groups is 1. The number of nitrogens with one attached hydrogen (secondary N) is 2. The zero-order valence-electron chi connectivity index (χ0n) is 17.1. The molecule has 7 nitrogen and oxygen atoms in total. The molecule has 0 saturated carbocycles. The van der Waals surface area contributed by atoms with E-state index in [0.717, 1.165) is 19.3 Å². The maximum atomic E-state index is 12.1. The highest BCUT2D eigenvalue weighted by Gasteiger charge is 2.25. The minimum atomic E-state index is -3.68. The van der Waals surface area contributed by atoms with E-state index in [2.05, 4.69) is 16.4 Å². The third-order valence-corrected chi connectivity index (χ3v) is 5.31. The highest BCUT2D eigenvalue weighted by Crippen LogP contribution is 2.09. The number of likely N-dealkylation sites (N-methyl/N-ethyl adjacent to an activating group) is 1. The number of unbranched alkanes of at least 4 members (excludes halogenated alkanes) is 8. The van der Waals surface area contributed by atoms with Crippen molar-refractivity contribution in [2.24, 2.45) is 0 Å². The van der Waals surface area contributed by atoms with E-state index >= 15 is 0 Å². The van der Waals surface area contributed by atoms with Crippen LogP contribution < -0.4 is 9.44 Å². The molecular formula is C18H40N3O4S+. The van der Waals surface area contributed by atoms with Gasteiger partial charge in [-0.25, -0.2) is 4.72 Å². The van der Waals surface area contributed by atoms with Crippen LogP contribution in [0.15, 0.2) is 0 Å². The maximum Gasteiger partial charge on any atom is 0.305 e. The first-order valence-electron chi connectivity index (χ1n) is 9.85. The summed E-state index contributed by atoms with van der Waals surface area (Å²) in [7, 11) is 2.03. The standard InChI is InChI=1S/C18H39N3O4S/c1-5-6-7-8-9-10-11-12-13-14-19-26(24,25)20-17(15-18(22)23)16-21(2,3)4/h17,19-20H,5-16H2,1-4H3/p+1/t17-/m0/s1. The lowest BCUT2D eigenvalue weighted by atomic mass is 10.1. The lowest BCUT2D eigenvalue weighted by Crippen LogP contribution is -2.52. The molecule has 0 aromatic carbocycles. The third kappa shape index (κ3) is 16.8. The van der Waals surface area contributed by atoms with Crippen molar-refractivity contribution in [1.29, 1.82) is 0 Å². The zero-order valence-corrected chi connectivity index (χ0v) is 17.9. The Balaban J connectivity index is 4.02. The van der Waals surface area contributed by atoms with Gasteiger partial charge < -0.3 is 9.59 Å². The van der Waals surface area contributed by atoms with Crippen LogP contribution in [0.5, 0.6) is 0 Å². The van der Waals surface area contributed by atoms with Gasteiger partial charge in [-0.15, -0.1) is 0 Å². The fraction of sp³-hybridized carbons (Fsp3) is 0.944. The minimum Gasteiger partial charge on any atom is -0.481 e. The van der Waals surface area contributed by atoms with Crippen LogP contribution in [0.1, 0.15) is 71.1 Å². The van der Waals surface area contributed by atoms with Gasteiger partial charge in [0, 0.05) is 6.54 Å². The first-order chi connectivity index (χ1) is 12.1. The minimum absolute atomic E-state index is 0.228. The highest BCUT2D eigenvalue weighted by molar-refractivity contribution is 7.87. The van der Waals surface area contributed by atoms with Crippen molar-refractivity contribution < 1.29 is 22.8 Å². The molecule has 0 heterocycles. The van der Waals surface area contributed by atoms with Crippen molar-refractivity contribution in [2.45, 2.75) is 77.2 Å². The molecule has 0 fully saturated rings. The molecule has 0 aromatic rings. The van der Waals surface area contributed by atoms with Crippen molar-refractivity contribution in [3.05, 3.63) is 0 Å². The fourth-order valence-electron chi connectivity index (χ4n) is 2.92. The predicted molar refractivity (Wildman–Crippen MR) is 106 cm³/mol. The summed E-state index contributed by atoms with van der Waals surface area (Å²) < 4.78 is 29.7. The van der Waals surface area contributed by atoms with Crippen LogP contribution in [-0.4, -0.2) is 64.3 Å². The number of carboxylic acid groups (broad SMARTS) is 1. The second-order valence-electron chi connectivity index (χ2n) is 8.11. The molecule has 0 rings (SSSR count). The van der Waals surface area contributed by atoms with Crippen molar-refractivity contribution in [3.8, 4) is 0 Å². The summed E-state index contributed by atoms with van der Waals surface area (Å²) in [5.41, 5.74) is 0. The zero-order chi connectivity index (χ0) is 20.1. The first-order valence-corrected chi connectivity index (χ1v) is 11.3. The Hall–Kier alpha value is -0.700. The molecule has 0 aromatic heterocycles. The number of quaternary nitrogens is 1. The number of carboxylic acids is 1. The van der Waals surface area contributed by atoms with Gasteiger partial charge >= 0.3 is 5.97 Å². The molecule has 0 amide bonds. The summed E-state index contributed by atoms with van der Waals surface area (Å²) in [6.45, 7) is 3.00. The van der Waals surface area contributed by atoms with Crippen LogP contribution >= 0.6 is 0 Å². The van der Waals surface area contributed by atoms with Crippen LogP contribution in [-0.2, 0) is 15.0 Å². The summed E-state index contributed by atoms with van der Waals surface area (Å²) >= 11 is 0. The second-order valence-corrected chi connectivity index (χ2v) is 9.64. The monoisotopic (exact) mass is 394 g/mol. The van der Waals surface area contributed by atoms with Crippen LogP contribution in [0.4, 0.5) is 0 Å². The van der Waals surface area contributed by atoms with Gasteiger partial charge in [0.25, 0.3) is 10.2 Å². The van der Waals surface area contributed by atoms with E-state index in [1.54, 1.807) is 0 Å². The molecule has 8 heteroatoms. The molecule has 0 aliphatic carbocycles. The fourth-order valence-corrected chi connectivity index (χ4v) is 4.01. The SMILES string of the molecule is CCCCCCCCCCCNS(=O)(=O)N[C@@H](CC(=O)O)C[N+](C)(C)C. The Bertz CT molecular complexity index is 475. The Morgan fingerprint density at radius 3 is 1.92 bits per heavy atom. The molecule has 0 aliphatic rings. The van der Waals surface area contributed by atoms with Gasteiger partial charge in [-0.1, -0.05) is 58.3 Å². The summed E-state index contributed by atoms with van der Waals surface area (Å²) in [4.78, 5) is 11.0. The molecule has 0 bridgehead atoms. The lowest BCUT2D eigenvalue weighted by Gasteiger charge is -2.28. The van der Waals surface area contributed by atoms with Gasteiger partial charge in [-0.05, 0) is 6.42 Å². The topological polar surface area (TPSA) is 95.5 Å². The highest BCUT2D eigenvalue weighted by atomic mass is 32.2. The van der Waals surface area contributed by atoms with Crippen LogP contribution in [0.3, 0.4) is 0 Å². The normalized spacial score (nSPS) is 13.7. The van der Waals surface area contributed by atoms with Crippen LogP contribution in [0, 0.1) is 0 Å². The number of aliphatic carboxylic acids is 1.